The van der Waals surface area contributed by atoms with Gasteiger partial charge >= 0.3 is 11.9 Å². The minimum absolute atomic E-state index is 0.314. The fraction of sp³-hybridized carbons (Fsp3) is 0.889. The highest BCUT2D eigenvalue weighted by Crippen LogP contribution is 2.33. The van der Waals surface area contributed by atoms with Crippen molar-refractivity contribution in [1.29, 1.82) is 0 Å². The lowest BCUT2D eigenvalue weighted by Gasteiger charge is -2.43. The van der Waals surface area contributed by atoms with Gasteiger partial charge in [0.25, 0.3) is 0 Å². The van der Waals surface area contributed by atoms with Crippen molar-refractivity contribution in [3.63, 3.8) is 0 Å². The van der Waals surface area contributed by atoms with Crippen molar-refractivity contribution in [2.75, 3.05) is 13.1 Å². The Morgan fingerprint density at radius 3 is 1.84 bits per heavy atom. The largest absolute Gasteiger partial charge is 0.460 e. The summed E-state index contributed by atoms with van der Waals surface area (Å²) in [6.45, 7) is 11.5. The van der Waals surface area contributed by atoms with Crippen LogP contribution in [-0.4, -0.2) is 70.6 Å². The first-order valence-electron chi connectivity index (χ1n) is 8.84. The monoisotopic (exact) mass is 357 g/mol. The van der Waals surface area contributed by atoms with Gasteiger partial charge in [-0.3, -0.25) is 14.5 Å². The zero-order valence-electron chi connectivity index (χ0n) is 16.0. The third-order valence-electron chi connectivity index (χ3n) is 4.74. The molecule has 2 rings (SSSR count). The first-order chi connectivity index (χ1) is 11.3. The number of rotatable bonds is 2. The standard InChI is InChI=1S/C18H31NO6/c1-17(2,3)15(22)24-10-7-8-19-9-11(13(20)14(21)12(10)19)25-16(23)18(4,5)6/h10-14,20-21H,7-9H2,1-6H3/t10-,11-,12+,13+,14+/m0/s1. The number of piperidine rings is 1. The third kappa shape index (κ3) is 4.33. The normalized spacial score (nSPS) is 33.7. The van der Waals surface area contributed by atoms with E-state index in [9.17, 15) is 19.8 Å². The van der Waals surface area contributed by atoms with Crippen molar-refractivity contribution < 1.29 is 29.3 Å². The summed E-state index contributed by atoms with van der Waals surface area (Å²) in [6.07, 6.45) is -3.05. The van der Waals surface area contributed by atoms with Crippen LogP contribution >= 0.6 is 0 Å². The molecule has 7 nitrogen and oxygen atoms in total. The number of nitrogens with zero attached hydrogens (tertiary/aromatic N) is 1. The molecule has 0 bridgehead atoms. The van der Waals surface area contributed by atoms with Crippen LogP contribution in [0.3, 0.4) is 0 Å². The van der Waals surface area contributed by atoms with Crippen LogP contribution in [0.15, 0.2) is 0 Å². The fourth-order valence-corrected chi connectivity index (χ4v) is 3.12. The molecule has 0 saturated carbocycles. The fourth-order valence-electron chi connectivity index (χ4n) is 3.12. The quantitative estimate of drug-likeness (QED) is 0.703. The predicted molar refractivity (Wildman–Crippen MR) is 90.7 cm³/mol. The molecule has 2 saturated heterocycles. The lowest BCUT2D eigenvalue weighted by molar-refractivity contribution is -0.190. The number of hydrogen-bond acceptors (Lipinski definition) is 7. The number of carbonyl (C=O) groups is 2. The summed E-state index contributed by atoms with van der Waals surface area (Å²) in [5, 5.41) is 21.0. The molecule has 7 heteroatoms. The summed E-state index contributed by atoms with van der Waals surface area (Å²) in [4.78, 5) is 26.2. The van der Waals surface area contributed by atoms with E-state index in [0.29, 0.717) is 19.5 Å². The maximum absolute atomic E-state index is 12.1. The van der Waals surface area contributed by atoms with E-state index in [-0.39, 0.29) is 5.97 Å². The molecule has 2 fully saturated rings. The highest BCUT2D eigenvalue weighted by molar-refractivity contribution is 5.76. The molecule has 0 aromatic rings. The van der Waals surface area contributed by atoms with E-state index in [1.165, 1.54) is 0 Å². The Hall–Kier alpha value is -1.18. The Morgan fingerprint density at radius 1 is 0.880 bits per heavy atom. The molecule has 5 atom stereocenters. The van der Waals surface area contributed by atoms with Crippen LogP contribution in [0.2, 0.25) is 0 Å². The molecular weight excluding hydrogens is 326 g/mol. The summed E-state index contributed by atoms with van der Waals surface area (Å²) in [5.41, 5.74) is -1.31. The van der Waals surface area contributed by atoms with Gasteiger partial charge in [0.2, 0.25) is 0 Å². The SMILES string of the molecule is CC(C)(C)C(=O)O[C@H]1CN2CC[C@H](OC(=O)C(C)(C)C)[C@@H]2[C@@H](O)[C@@H]1O. The van der Waals surface area contributed by atoms with Crippen molar-refractivity contribution in [2.24, 2.45) is 10.8 Å². The van der Waals surface area contributed by atoms with Gasteiger partial charge in [-0.1, -0.05) is 0 Å². The van der Waals surface area contributed by atoms with Crippen LogP contribution in [0.1, 0.15) is 48.0 Å². The number of carbonyl (C=O) groups excluding carboxylic acids is 2. The molecule has 25 heavy (non-hydrogen) atoms. The van der Waals surface area contributed by atoms with E-state index in [1.807, 2.05) is 4.90 Å². The van der Waals surface area contributed by atoms with E-state index in [0.717, 1.165) is 0 Å². The van der Waals surface area contributed by atoms with E-state index < -0.39 is 47.3 Å². The summed E-state index contributed by atoms with van der Waals surface area (Å²) < 4.78 is 11.0. The zero-order chi connectivity index (χ0) is 19.2. The molecule has 2 aliphatic heterocycles. The average Bonchev–Trinajstić information content (AvgIpc) is 2.85. The van der Waals surface area contributed by atoms with Crippen molar-refractivity contribution in [3.8, 4) is 0 Å². The van der Waals surface area contributed by atoms with Crippen molar-refractivity contribution in [1.82, 2.24) is 4.90 Å². The number of esters is 2. The zero-order valence-corrected chi connectivity index (χ0v) is 16.0. The highest BCUT2D eigenvalue weighted by atomic mass is 16.6. The van der Waals surface area contributed by atoms with Crippen molar-refractivity contribution in [2.45, 2.75) is 78.4 Å². The van der Waals surface area contributed by atoms with Crippen LogP contribution in [0.5, 0.6) is 0 Å². The molecule has 2 N–H and O–H groups in total. The van der Waals surface area contributed by atoms with Crippen LogP contribution in [0.4, 0.5) is 0 Å². The van der Waals surface area contributed by atoms with Gasteiger partial charge in [0.15, 0.2) is 0 Å². The minimum atomic E-state index is -1.21. The Bertz CT molecular complexity index is 495. The summed E-state index contributed by atoms with van der Waals surface area (Å²) >= 11 is 0. The van der Waals surface area contributed by atoms with E-state index >= 15 is 0 Å². The van der Waals surface area contributed by atoms with Crippen LogP contribution in [-0.2, 0) is 19.1 Å². The second kappa shape index (κ2) is 6.85. The molecule has 0 aromatic carbocycles. The lowest BCUT2D eigenvalue weighted by atomic mass is 9.91. The number of aliphatic hydroxyl groups is 2. The van der Waals surface area contributed by atoms with Gasteiger partial charge in [0, 0.05) is 13.1 Å². The van der Waals surface area contributed by atoms with Gasteiger partial charge in [0.1, 0.15) is 24.4 Å². The second-order valence-electron chi connectivity index (χ2n) is 9.14. The molecule has 0 amide bonds. The van der Waals surface area contributed by atoms with Crippen LogP contribution in [0, 0.1) is 10.8 Å². The minimum Gasteiger partial charge on any atom is -0.460 e. The maximum atomic E-state index is 12.1. The third-order valence-corrected chi connectivity index (χ3v) is 4.74. The van der Waals surface area contributed by atoms with Gasteiger partial charge in [-0.05, 0) is 48.0 Å². The highest BCUT2D eigenvalue weighted by Gasteiger charge is 2.52. The Balaban J connectivity index is 2.06. The molecule has 2 aliphatic rings. The molecule has 144 valence electrons. The summed E-state index contributed by atoms with van der Waals surface area (Å²) in [5.74, 6) is -0.751. The smallest absolute Gasteiger partial charge is 0.311 e. The second-order valence-corrected chi connectivity index (χ2v) is 9.14. The van der Waals surface area contributed by atoms with Gasteiger partial charge in [-0.25, -0.2) is 0 Å². The molecule has 0 radical (unpaired) electrons. The van der Waals surface area contributed by atoms with Crippen molar-refractivity contribution >= 4 is 11.9 Å². The van der Waals surface area contributed by atoms with Crippen molar-refractivity contribution in [3.05, 3.63) is 0 Å². The van der Waals surface area contributed by atoms with Gasteiger partial charge in [-0.15, -0.1) is 0 Å². The van der Waals surface area contributed by atoms with E-state index in [2.05, 4.69) is 0 Å². The van der Waals surface area contributed by atoms with Gasteiger partial charge < -0.3 is 19.7 Å². The van der Waals surface area contributed by atoms with Gasteiger partial charge in [-0.2, -0.15) is 0 Å². The lowest BCUT2D eigenvalue weighted by Crippen LogP contribution is -2.63. The number of ether oxygens (including phenoxy) is 2. The van der Waals surface area contributed by atoms with Crippen LogP contribution < -0.4 is 0 Å². The molecule has 0 aliphatic carbocycles. The number of hydrogen-bond donors (Lipinski definition) is 2. The Kier molecular flexibility index (Phi) is 5.52. The van der Waals surface area contributed by atoms with Crippen LogP contribution in [0.25, 0.3) is 0 Å². The molecular formula is C18H31NO6. The molecule has 2 heterocycles. The maximum Gasteiger partial charge on any atom is 0.311 e. The first kappa shape index (κ1) is 20.1. The Labute approximate surface area is 149 Å². The first-order valence-corrected chi connectivity index (χ1v) is 8.84. The average molecular weight is 357 g/mol. The Morgan fingerprint density at radius 2 is 1.36 bits per heavy atom. The molecule has 0 unspecified atom stereocenters. The van der Waals surface area contributed by atoms with Gasteiger partial charge in [0.05, 0.1) is 16.9 Å². The predicted octanol–water partition coefficient (Wildman–Crippen LogP) is 0.712. The van der Waals surface area contributed by atoms with E-state index in [1.54, 1.807) is 41.5 Å². The number of aliphatic hydroxyl groups excluding tert-OH is 2. The number of fused-ring (bicyclic) bond motifs is 1. The topological polar surface area (TPSA) is 96.3 Å². The van der Waals surface area contributed by atoms with E-state index in [4.69, 9.17) is 9.47 Å². The summed E-state index contributed by atoms with van der Waals surface area (Å²) in [6, 6.07) is -0.481. The summed E-state index contributed by atoms with van der Waals surface area (Å²) in [7, 11) is 0. The molecule has 0 spiro atoms. The molecule has 0 aromatic heterocycles.